The van der Waals surface area contributed by atoms with E-state index in [2.05, 4.69) is 0 Å². The molecular formula is C17H18ClNO2. The molecule has 4 heteroatoms. The number of nitrogens with two attached hydrogens (primary N) is 1. The number of hydrogen-bond acceptors (Lipinski definition) is 3. The average molecular weight is 304 g/mol. The number of hydrogen-bond donors (Lipinski definition) is 1. The van der Waals surface area contributed by atoms with Crippen LogP contribution in [0.2, 0.25) is 5.02 Å². The van der Waals surface area contributed by atoms with Gasteiger partial charge in [0.1, 0.15) is 0 Å². The average Bonchev–Trinajstić information content (AvgIpc) is 2.74. The molecule has 0 saturated carbocycles. The van der Waals surface area contributed by atoms with Crippen molar-refractivity contribution >= 4 is 11.6 Å². The highest BCUT2D eigenvalue weighted by atomic mass is 35.5. The molecule has 0 amide bonds. The van der Waals surface area contributed by atoms with Crippen LogP contribution in [-0.4, -0.2) is 13.2 Å². The quantitative estimate of drug-likeness (QED) is 0.916. The summed E-state index contributed by atoms with van der Waals surface area (Å²) in [5, 5.41) is 0.734. The molecule has 1 aliphatic rings. The molecule has 2 aromatic rings. The summed E-state index contributed by atoms with van der Waals surface area (Å²) in [5.74, 6) is 1.55. The lowest BCUT2D eigenvalue weighted by atomic mass is 9.95. The van der Waals surface area contributed by atoms with E-state index in [1.807, 2.05) is 43.3 Å². The monoisotopic (exact) mass is 303 g/mol. The van der Waals surface area contributed by atoms with E-state index in [1.54, 1.807) is 0 Å². The molecular weight excluding hydrogens is 286 g/mol. The highest BCUT2D eigenvalue weighted by molar-refractivity contribution is 6.31. The van der Waals surface area contributed by atoms with Gasteiger partial charge in [-0.05, 0) is 41.8 Å². The van der Waals surface area contributed by atoms with E-state index in [0.717, 1.165) is 39.6 Å². The molecule has 1 heterocycles. The molecule has 1 atom stereocenters. The van der Waals surface area contributed by atoms with Crippen molar-refractivity contribution in [3.8, 4) is 11.5 Å². The third kappa shape index (κ3) is 2.85. The summed E-state index contributed by atoms with van der Waals surface area (Å²) < 4.78 is 11.4. The first-order valence-electron chi connectivity index (χ1n) is 7.07. The minimum atomic E-state index is -0.235. The zero-order valence-corrected chi connectivity index (χ0v) is 12.7. The maximum Gasteiger partial charge on any atom is 0.161 e. The first kappa shape index (κ1) is 14.2. The van der Waals surface area contributed by atoms with Crippen molar-refractivity contribution in [1.82, 2.24) is 0 Å². The van der Waals surface area contributed by atoms with E-state index in [0.29, 0.717) is 13.2 Å². The van der Waals surface area contributed by atoms with Gasteiger partial charge >= 0.3 is 0 Å². The summed E-state index contributed by atoms with van der Waals surface area (Å²) in [6.07, 6.45) is 0.892. The zero-order chi connectivity index (χ0) is 14.8. The SMILES string of the molecule is Cc1c(Cl)cccc1C(N)c1ccc2c(c1)OCCCO2. The van der Waals surface area contributed by atoms with Crippen LogP contribution in [0.5, 0.6) is 11.5 Å². The van der Waals surface area contributed by atoms with Crippen LogP contribution in [0.4, 0.5) is 0 Å². The third-order valence-electron chi connectivity index (χ3n) is 3.78. The van der Waals surface area contributed by atoms with Crippen LogP contribution in [0.25, 0.3) is 0 Å². The van der Waals surface area contributed by atoms with Crippen LogP contribution in [0, 0.1) is 6.92 Å². The smallest absolute Gasteiger partial charge is 0.161 e. The topological polar surface area (TPSA) is 44.5 Å². The van der Waals surface area contributed by atoms with Crippen LogP contribution in [0.3, 0.4) is 0 Å². The van der Waals surface area contributed by atoms with Gasteiger partial charge in [0.15, 0.2) is 11.5 Å². The Kier molecular flexibility index (Phi) is 4.04. The molecule has 0 bridgehead atoms. The van der Waals surface area contributed by atoms with Crippen molar-refractivity contribution in [3.63, 3.8) is 0 Å². The summed E-state index contributed by atoms with van der Waals surface area (Å²) in [6, 6.07) is 11.4. The molecule has 1 aliphatic heterocycles. The normalized spacial score (nSPS) is 15.4. The number of ether oxygens (including phenoxy) is 2. The molecule has 21 heavy (non-hydrogen) atoms. The molecule has 1 unspecified atom stereocenters. The lowest BCUT2D eigenvalue weighted by Gasteiger charge is -2.17. The highest BCUT2D eigenvalue weighted by Crippen LogP contribution is 2.34. The first-order valence-corrected chi connectivity index (χ1v) is 7.45. The van der Waals surface area contributed by atoms with Crippen molar-refractivity contribution in [3.05, 3.63) is 58.1 Å². The van der Waals surface area contributed by atoms with Crippen LogP contribution in [-0.2, 0) is 0 Å². The standard InChI is InChI=1S/C17H18ClNO2/c1-11-13(4-2-5-14(11)18)17(19)12-6-7-15-16(10-12)21-9-3-8-20-15/h2,4-7,10,17H,3,8-9,19H2,1H3. The highest BCUT2D eigenvalue weighted by Gasteiger charge is 2.17. The summed E-state index contributed by atoms with van der Waals surface area (Å²) in [6.45, 7) is 3.34. The second-order valence-corrected chi connectivity index (χ2v) is 5.60. The van der Waals surface area contributed by atoms with E-state index in [9.17, 15) is 0 Å². The molecule has 0 fully saturated rings. The zero-order valence-electron chi connectivity index (χ0n) is 11.9. The van der Waals surface area contributed by atoms with E-state index < -0.39 is 0 Å². The molecule has 0 aliphatic carbocycles. The Morgan fingerprint density at radius 3 is 2.67 bits per heavy atom. The third-order valence-corrected chi connectivity index (χ3v) is 4.18. The Bertz CT molecular complexity index is 657. The summed E-state index contributed by atoms with van der Waals surface area (Å²) in [7, 11) is 0. The first-order chi connectivity index (χ1) is 10.2. The molecule has 0 saturated heterocycles. The summed E-state index contributed by atoms with van der Waals surface area (Å²) in [4.78, 5) is 0. The lowest BCUT2D eigenvalue weighted by molar-refractivity contribution is 0.297. The van der Waals surface area contributed by atoms with Crippen molar-refractivity contribution in [2.24, 2.45) is 5.73 Å². The van der Waals surface area contributed by atoms with Crippen LogP contribution >= 0.6 is 11.6 Å². The van der Waals surface area contributed by atoms with E-state index in [1.165, 1.54) is 0 Å². The molecule has 3 nitrogen and oxygen atoms in total. The minimum Gasteiger partial charge on any atom is -0.490 e. The maximum absolute atomic E-state index is 6.40. The van der Waals surface area contributed by atoms with Crippen molar-refractivity contribution < 1.29 is 9.47 Å². The Hall–Kier alpha value is -1.71. The van der Waals surface area contributed by atoms with E-state index in [4.69, 9.17) is 26.8 Å². The Morgan fingerprint density at radius 2 is 1.86 bits per heavy atom. The van der Waals surface area contributed by atoms with Crippen LogP contribution in [0.15, 0.2) is 36.4 Å². The molecule has 3 rings (SSSR count). The van der Waals surface area contributed by atoms with Gasteiger partial charge in [0.05, 0.1) is 19.3 Å². The molecule has 2 aromatic carbocycles. The van der Waals surface area contributed by atoms with Gasteiger partial charge in [-0.25, -0.2) is 0 Å². The van der Waals surface area contributed by atoms with Gasteiger partial charge in [-0.2, -0.15) is 0 Å². The number of rotatable bonds is 2. The second kappa shape index (κ2) is 5.96. The van der Waals surface area contributed by atoms with Crippen molar-refractivity contribution in [2.75, 3.05) is 13.2 Å². The second-order valence-electron chi connectivity index (χ2n) is 5.19. The molecule has 0 spiro atoms. The molecule has 2 N–H and O–H groups in total. The Labute approximate surface area is 129 Å². The van der Waals surface area contributed by atoms with Crippen LogP contribution in [0.1, 0.15) is 29.2 Å². The minimum absolute atomic E-state index is 0.235. The number of halogens is 1. The van der Waals surface area contributed by atoms with Gasteiger partial charge < -0.3 is 15.2 Å². The molecule has 0 radical (unpaired) electrons. The lowest BCUT2D eigenvalue weighted by Crippen LogP contribution is -2.13. The van der Waals surface area contributed by atoms with E-state index in [-0.39, 0.29) is 6.04 Å². The Morgan fingerprint density at radius 1 is 1.10 bits per heavy atom. The fraction of sp³-hybridized carbons (Fsp3) is 0.294. The molecule has 0 aromatic heterocycles. The largest absolute Gasteiger partial charge is 0.490 e. The fourth-order valence-electron chi connectivity index (χ4n) is 2.51. The summed E-state index contributed by atoms with van der Waals surface area (Å²) >= 11 is 6.18. The van der Waals surface area contributed by atoms with Gasteiger partial charge in [0, 0.05) is 11.4 Å². The predicted octanol–water partition coefficient (Wildman–Crippen LogP) is 3.86. The van der Waals surface area contributed by atoms with Gasteiger partial charge in [-0.1, -0.05) is 29.8 Å². The maximum atomic E-state index is 6.40. The summed E-state index contributed by atoms with van der Waals surface area (Å²) in [5.41, 5.74) is 9.43. The van der Waals surface area contributed by atoms with Gasteiger partial charge in [-0.3, -0.25) is 0 Å². The van der Waals surface area contributed by atoms with Gasteiger partial charge in [-0.15, -0.1) is 0 Å². The fourth-order valence-corrected chi connectivity index (χ4v) is 2.70. The molecule has 110 valence electrons. The van der Waals surface area contributed by atoms with Crippen molar-refractivity contribution in [1.29, 1.82) is 0 Å². The Balaban J connectivity index is 1.96. The van der Waals surface area contributed by atoms with Crippen molar-refractivity contribution in [2.45, 2.75) is 19.4 Å². The number of fused-ring (bicyclic) bond motifs is 1. The van der Waals surface area contributed by atoms with Crippen LogP contribution < -0.4 is 15.2 Å². The van der Waals surface area contributed by atoms with Gasteiger partial charge in [0.2, 0.25) is 0 Å². The van der Waals surface area contributed by atoms with E-state index >= 15 is 0 Å². The predicted molar refractivity (Wildman–Crippen MR) is 84.3 cm³/mol. The van der Waals surface area contributed by atoms with Gasteiger partial charge in [0.25, 0.3) is 0 Å². The number of benzene rings is 2.